The highest BCUT2D eigenvalue weighted by atomic mass is 35.5. The maximum Gasteiger partial charge on any atom is 0.232 e. The van der Waals surface area contributed by atoms with E-state index < -0.39 is 6.10 Å². The summed E-state index contributed by atoms with van der Waals surface area (Å²) in [6.07, 6.45) is 3.39. The lowest BCUT2D eigenvalue weighted by Gasteiger charge is -2.38. The average Bonchev–Trinajstić information content (AvgIpc) is 3.03. The van der Waals surface area contributed by atoms with E-state index in [0.29, 0.717) is 29.0 Å². The number of carbonyl (C=O) groups excluding carboxylic acids is 2. The van der Waals surface area contributed by atoms with Crippen LogP contribution < -0.4 is 24.6 Å². The second kappa shape index (κ2) is 14.8. The molecule has 246 valence electrons. The SMILES string of the molecule is COc1cc2c(cc1OC(C)C)[C@H](c1ccc(Cl)cc1)N(c1ccc(N(C)CC3CCC(C(=O)NCC(C)O)CC3)cc1)C(=O)C2. The van der Waals surface area contributed by atoms with Gasteiger partial charge in [0.15, 0.2) is 11.5 Å². The van der Waals surface area contributed by atoms with E-state index in [1.54, 1.807) is 14.0 Å². The zero-order chi connectivity index (χ0) is 33.0. The lowest BCUT2D eigenvalue weighted by atomic mass is 9.81. The van der Waals surface area contributed by atoms with Crippen LogP contribution in [0, 0.1) is 11.8 Å². The maximum atomic E-state index is 13.9. The Kier molecular flexibility index (Phi) is 10.8. The number of hydrogen-bond acceptors (Lipinski definition) is 6. The molecule has 8 nitrogen and oxygen atoms in total. The minimum atomic E-state index is -0.534. The molecule has 5 rings (SSSR count). The van der Waals surface area contributed by atoms with Crippen LogP contribution in [0.2, 0.25) is 5.02 Å². The zero-order valence-corrected chi connectivity index (χ0v) is 28.2. The number of rotatable bonds is 11. The number of aliphatic hydroxyl groups is 1. The van der Waals surface area contributed by atoms with Crippen LogP contribution in [0.5, 0.6) is 11.5 Å². The third-order valence-corrected chi connectivity index (χ3v) is 9.28. The molecule has 0 spiro atoms. The minimum absolute atomic E-state index is 0.00220. The third-order valence-electron chi connectivity index (χ3n) is 9.03. The van der Waals surface area contributed by atoms with E-state index in [1.807, 2.05) is 67.3 Å². The number of amides is 2. The fraction of sp³-hybridized carbons (Fsp3) is 0.459. The molecule has 1 unspecified atom stereocenters. The number of nitrogens with one attached hydrogen (secondary N) is 1. The Labute approximate surface area is 277 Å². The first-order valence-corrected chi connectivity index (χ1v) is 16.6. The van der Waals surface area contributed by atoms with Crippen LogP contribution in [0.15, 0.2) is 60.7 Å². The van der Waals surface area contributed by atoms with Gasteiger partial charge in [-0.25, -0.2) is 0 Å². The highest BCUT2D eigenvalue weighted by Crippen LogP contribution is 2.44. The normalized spacial score (nSPS) is 20.2. The summed E-state index contributed by atoms with van der Waals surface area (Å²) in [7, 11) is 3.71. The summed E-state index contributed by atoms with van der Waals surface area (Å²) < 4.78 is 11.8. The van der Waals surface area contributed by atoms with E-state index in [9.17, 15) is 14.7 Å². The molecule has 2 N–H and O–H groups in total. The van der Waals surface area contributed by atoms with Crippen molar-refractivity contribution < 1.29 is 24.2 Å². The first-order chi connectivity index (χ1) is 22.0. The van der Waals surface area contributed by atoms with Crippen molar-refractivity contribution in [3.05, 3.63) is 82.4 Å². The Morgan fingerprint density at radius 2 is 1.70 bits per heavy atom. The molecule has 1 aliphatic heterocycles. The van der Waals surface area contributed by atoms with Crippen molar-refractivity contribution in [2.75, 3.05) is 37.0 Å². The monoisotopic (exact) mass is 647 g/mol. The molecule has 3 aromatic rings. The molecule has 9 heteroatoms. The number of carbonyl (C=O) groups is 2. The van der Waals surface area contributed by atoms with Crippen molar-refractivity contribution in [2.24, 2.45) is 11.8 Å². The van der Waals surface area contributed by atoms with Crippen molar-refractivity contribution in [1.29, 1.82) is 0 Å². The number of methoxy groups -OCH3 is 1. The van der Waals surface area contributed by atoms with Gasteiger partial charge in [-0.05, 0) is 118 Å². The summed E-state index contributed by atoms with van der Waals surface area (Å²) in [5.41, 5.74) is 4.76. The van der Waals surface area contributed by atoms with Gasteiger partial charge in [0.05, 0.1) is 31.8 Å². The first-order valence-electron chi connectivity index (χ1n) is 16.3. The van der Waals surface area contributed by atoms with Crippen molar-refractivity contribution >= 4 is 34.8 Å². The average molecular weight is 648 g/mol. The van der Waals surface area contributed by atoms with Gasteiger partial charge < -0.3 is 29.7 Å². The molecule has 3 aromatic carbocycles. The number of fused-ring (bicyclic) bond motifs is 1. The molecular weight excluding hydrogens is 602 g/mol. The maximum absolute atomic E-state index is 13.9. The molecule has 0 bridgehead atoms. The van der Waals surface area contributed by atoms with Crippen molar-refractivity contribution in [1.82, 2.24) is 5.32 Å². The van der Waals surface area contributed by atoms with Gasteiger partial charge in [-0.15, -0.1) is 0 Å². The second-order valence-electron chi connectivity index (χ2n) is 13.0. The fourth-order valence-corrected chi connectivity index (χ4v) is 6.82. The highest BCUT2D eigenvalue weighted by molar-refractivity contribution is 6.30. The number of ether oxygens (including phenoxy) is 2. The Balaban J connectivity index is 1.35. The van der Waals surface area contributed by atoms with Gasteiger partial charge in [0, 0.05) is 42.5 Å². The van der Waals surface area contributed by atoms with E-state index in [0.717, 1.165) is 60.3 Å². The molecule has 1 fully saturated rings. The molecule has 0 radical (unpaired) electrons. The smallest absolute Gasteiger partial charge is 0.232 e. The highest BCUT2D eigenvalue weighted by Gasteiger charge is 2.36. The van der Waals surface area contributed by atoms with Crippen LogP contribution in [0.4, 0.5) is 11.4 Å². The van der Waals surface area contributed by atoms with Gasteiger partial charge in [-0.2, -0.15) is 0 Å². The summed E-state index contributed by atoms with van der Waals surface area (Å²) in [5, 5.41) is 13.0. The van der Waals surface area contributed by atoms with Gasteiger partial charge in [0.2, 0.25) is 11.8 Å². The summed E-state index contributed by atoms with van der Waals surface area (Å²) >= 11 is 6.27. The molecule has 2 atom stereocenters. The number of anilines is 2. The second-order valence-corrected chi connectivity index (χ2v) is 13.4. The number of benzene rings is 3. The van der Waals surface area contributed by atoms with Crippen LogP contribution >= 0.6 is 11.6 Å². The van der Waals surface area contributed by atoms with Gasteiger partial charge in [-0.1, -0.05) is 23.7 Å². The van der Waals surface area contributed by atoms with Crippen LogP contribution in [-0.2, 0) is 16.0 Å². The topological polar surface area (TPSA) is 91.3 Å². The lowest BCUT2D eigenvalue weighted by molar-refractivity contribution is -0.126. The van der Waals surface area contributed by atoms with E-state index in [1.165, 1.54) is 0 Å². The summed E-state index contributed by atoms with van der Waals surface area (Å²) in [6.45, 7) is 6.84. The Morgan fingerprint density at radius 3 is 2.30 bits per heavy atom. The van der Waals surface area contributed by atoms with Gasteiger partial charge in [-0.3, -0.25) is 9.59 Å². The quantitative estimate of drug-likeness (QED) is 0.245. The molecule has 46 heavy (non-hydrogen) atoms. The predicted molar refractivity (Wildman–Crippen MR) is 183 cm³/mol. The van der Waals surface area contributed by atoms with Crippen LogP contribution in [-0.4, -0.2) is 56.4 Å². The fourth-order valence-electron chi connectivity index (χ4n) is 6.69. The van der Waals surface area contributed by atoms with E-state index in [4.69, 9.17) is 21.1 Å². The standard InChI is InChI=1S/C37H46ClN3O5/c1-23(2)46-34-20-32-28(18-33(34)45-5)19-35(43)41(36(32)26-10-12-29(38)13-11-26)31-16-14-30(15-17-31)40(4)22-25-6-8-27(9-7-25)37(44)39-21-24(3)42/h10-18,20,23-25,27,36,42H,6-9,19,21-22H2,1-5H3,(H,39,44)/t24?,25?,27?,36-/m0/s1. The molecule has 0 aromatic heterocycles. The molecule has 0 saturated heterocycles. The van der Waals surface area contributed by atoms with E-state index in [2.05, 4.69) is 29.4 Å². The predicted octanol–water partition coefficient (Wildman–Crippen LogP) is 6.55. The van der Waals surface area contributed by atoms with Crippen molar-refractivity contribution in [2.45, 2.75) is 71.1 Å². The Morgan fingerprint density at radius 1 is 1.02 bits per heavy atom. The number of hydrogen-bond donors (Lipinski definition) is 2. The lowest BCUT2D eigenvalue weighted by Crippen LogP contribution is -2.41. The summed E-state index contributed by atoms with van der Waals surface area (Å²) in [4.78, 5) is 30.5. The number of aliphatic hydroxyl groups excluding tert-OH is 1. The van der Waals surface area contributed by atoms with Crippen molar-refractivity contribution in [3.63, 3.8) is 0 Å². The van der Waals surface area contributed by atoms with Crippen LogP contribution in [0.25, 0.3) is 0 Å². The molecule has 1 heterocycles. The summed E-state index contributed by atoms with van der Waals surface area (Å²) in [5.74, 6) is 1.84. The molecule has 2 amide bonds. The minimum Gasteiger partial charge on any atom is -0.493 e. The molecule has 2 aliphatic rings. The van der Waals surface area contributed by atoms with Crippen LogP contribution in [0.1, 0.15) is 69.2 Å². The van der Waals surface area contributed by atoms with E-state index in [-0.39, 0.29) is 36.3 Å². The van der Waals surface area contributed by atoms with Gasteiger partial charge >= 0.3 is 0 Å². The Hall–Kier alpha value is -3.75. The molecule has 1 aliphatic carbocycles. The third kappa shape index (κ3) is 7.78. The van der Waals surface area contributed by atoms with Crippen LogP contribution in [0.3, 0.4) is 0 Å². The largest absolute Gasteiger partial charge is 0.493 e. The first kappa shape index (κ1) is 33.6. The molecular formula is C37H46ClN3O5. The summed E-state index contributed by atoms with van der Waals surface area (Å²) in [6, 6.07) is 19.4. The van der Waals surface area contributed by atoms with Gasteiger partial charge in [0.25, 0.3) is 0 Å². The Bertz CT molecular complexity index is 1500. The molecule has 1 saturated carbocycles. The van der Waals surface area contributed by atoms with Crippen molar-refractivity contribution in [3.8, 4) is 11.5 Å². The number of nitrogens with zero attached hydrogens (tertiary/aromatic N) is 2. The zero-order valence-electron chi connectivity index (χ0n) is 27.5. The number of halogens is 1. The van der Waals surface area contributed by atoms with E-state index >= 15 is 0 Å². The van der Waals surface area contributed by atoms with Gasteiger partial charge in [0.1, 0.15) is 0 Å².